The van der Waals surface area contributed by atoms with Crippen molar-refractivity contribution in [1.82, 2.24) is 0 Å². The summed E-state index contributed by atoms with van der Waals surface area (Å²) in [6.07, 6.45) is 0. The third kappa shape index (κ3) is 6.87. The van der Waals surface area contributed by atoms with Crippen molar-refractivity contribution in [2.45, 2.75) is 13.0 Å². The van der Waals surface area contributed by atoms with Gasteiger partial charge in [-0.05, 0) is 6.04 Å². The molecule has 0 amide bonds. The molecule has 0 spiro atoms. The molecule has 0 aliphatic carbocycles. The quantitative estimate of drug-likeness (QED) is 0.766. The molecule has 1 unspecified atom stereocenters. The minimum atomic E-state index is -1.07. The molecule has 0 aliphatic heterocycles. The van der Waals surface area contributed by atoms with Crippen LogP contribution in [0.1, 0.15) is 6.92 Å². The van der Waals surface area contributed by atoms with E-state index in [-0.39, 0.29) is 44.1 Å². The smallest absolute Gasteiger partial charge is 0.285 e. The number of carbonyl (C=O) groups is 1. The molecule has 0 fully saturated rings. The van der Waals surface area contributed by atoms with Crippen molar-refractivity contribution < 1.29 is 54.0 Å². The average molecular weight is 315 g/mol. The van der Waals surface area contributed by atoms with Crippen LogP contribution in [0.15, 0.2) is 0 Å². The normalized spacial score (nSPS) is 11.7. The largest absolute Gasteiger partial charge is 0.666 e. The Labute approximate surface area is 77.8 Å². The fourth-order valence-electron chi connectivity index (χ4n) is 0. The van der Waals surface area contributed by atoms with Crippen molar-refractivity contribution in [2.75, 3.05) is 0 Å². The van der Waals surface area contributed by atoms with Gasteiger partial charge in [0.05, 0.1) is 0 Å². The average Bonchev–Trinajstić information content (AvgIpc) is 1.36. The van der Waals surface area contributed by atoms with Gasteiger partial charge in [-0.2, -0.15) is 0 Å². The van der Waals surface area contributed by atoms with E-state index in [2.05, 4.69) is 0 Å². The van der Waals surface area contributed by atoms with Crippen molar-refractivity contribution in [1.29, 1.82) is 0 Å². The molecule has 0 saturated heterocycles. The second-order valence-electron chi connectivity index (χ2n) is 1.06. The summed E-state index contributed by atoms with van der Waals surface area (Å²) in [5, 5.41) is 7.80. The van der Waals surface area contributed by atoms with Crippen molar-refractivity contribution in [2.24, 2.45) is 0 Å². The van der Waals surface area contributed by atoms with Crippen LogP contribution in [-0.4, -0.2) is 17.1 Å². The second kappa shape index (κ2) is 5.02. The monoisotopic (exact) mass is 315 g/mol. The van der Waals surface area contributed by atoms with E-state index in [0.717, 1.165) is 0 Å². The summed E-state index contributed by atoms with van der Waals surface area (Å²) in [6, 6.07) is -0.981. The molecule has 2 N–H and O–H groups in total. The molecule has 4 heteroatoms. The number of hydrogen-bond donors (Lipinski definition) is 1. The predicted octanol–water partition coefficient (Wildman–Crippen LogP) is 0.512. The van der Waals surface area contributed by atoms with Crippen LogP contribution in [0.4, 0.5) is 0 Å². The number of aliphatic carboxylic acids is 1. The first kappa shape index (κ1) is 10.8. The van der Waals surface area contributed by atoms with Crippen molar-refractivity contribution in [3.8, 4) is 0 Å². The summed E-state index contributed by atoms with van der Waals surface area (Å²) in [7, 11) is 0. The van der Waals surface area contributed by atoms with Crippen molar-refractivity contribution in [3.63, 3.8) is 0 Å². The van der Waals surface area contributed by atoms with Crippen LogP contribution in [-0.2, 0) is 4.79 Å². The Morgan fingerprint density at radius 1 is 1.86 bits per heavy atom. The summed E-state index contributed by atoms with van der Waals surface area (Å²) in [4.78, 5) is 9.51. The van der Waals surface area contributed by atoms with Gasteiger partial charge in [0.15, 0.2) is 0 Å². The fraction of sp³-hybridized carbons (Fsp3) is 0.667. The van der Waals surface area contributed by atoms with Crippen molar-refractivity contribution >= 4 is 5.97 Å². The Morgan fingerprint density at radius 3 is 2.00 bits per heavy atom. The standard InChI is InChI=1S/C3H6NO2.Ac/c1-2(4)3(5)6;/h2,4H,1H3,(H,5,6);/q-1;. The van der Waals surface area contributed by atoms with Crippen LogP contribution in [0.25, 0.3) is 5.73 Å². The Morgan fingerprint density at radius 2 is 2.00 bits per heavy atom. The molecule has 0 rings (SSSR count). The summed E-state index contributed by atoms with van der Waals surface area (Å²) in [5.74, 6) is -1.07. The first-order valence-corrected chi connectivity index (χ1v) is 1.58. The predicted molar refractivity (Wildman–Crippen MR) is 21.4 cm³/mol. The first-order valence-electron chi connectivity index (χ1n) is 1.58. The number of carboxylic acid groups (broad SMARTS) is 1. The summed E-state index contributed by atoms with van der Waals surface area (Å²) in [5.41, 5.74) is 6.43. The zero-order valence-corrected chi connectivity index (χ0v) is 8.76. The van der Waals surface area contributed by atoms with E-state index in [1.807, 2.05) is 0 Å². The zero-order valence-electron chi connectivity index (χ0n) is 4.01. The molecule has 39 valence electrons. The number of nitrogens with one attached hydrogen (secondary N) is 1. The van der Waals surface area contributed by atoms with Crippen LogP contribution in [0.2, 0.25) is 0 Å². The van der Waals surface area contributed by atoms with Gasteiger partial charge in [0.1, 0.15) is 0 Å². The Hall–Kier alpha value is 0.872. The Balaban J connectivity index is 0. The van der Waals surface area contributed by atoms with E-state index in [1.54, 1.807) is 0 Å². The number of rotatable bonds is 1. The van der Waals surface area contributed by atoms with E-state index in [9.17, 15) is 4.79 Å². The Bertz CT molecular complexity index is 64.0. The molecule has 0 bridgehead atoms. The molecule has 0 aromatic rings. The van der Waals surface area contributed by atoms with Gasteiger partial charge in [0, 0.05) is 44.1 Å². The van der Waals surface area contributed by atoms with Gasteiger partial charge < -0.3 is 10.8 Å². The van der Waals surface area contributed by atoms with E-state index in [4.69, 9.17) is 10.8 Å². The van der Waals surface area contributed by atoms with E-state index in [0.29, 0.717) is 0 Å². The Kier molecular flexibility index (Phi) is 7.73. The van der Waals surface area contributed by atoms with Gasteiger partial charge in [-0.25, -0.2) is 0 Å². The van der Waals surface area contributed by atoms with Gasteiger partial charge in [0.2, 0.25) is 0 Å². The molecule has 0 aliphatic rings. The summed E-state index contributed by atoms with van der Waals surface area (Å²) < 4.78 is 0. The molecule has 0 saturated carbocycles. The molecule has 0 aromatic carbocycles. The van der Waals surface area contributed by atoms with Gasteiger partial charge in [-0.1, -0.05) is 6.92 Å². The van der Waals surface area contributed by atoms with E-state index >= 15 is 0 Å². The first-order chi connectivity index (χ1) is 2.64. The van der Waals surface area contributed by atoms with Gasteiger partial charge in [-0.15, -0.1) is 0 Å². The number of hydrogen-bond acceptors (Lipinski definition) is 1. The summed E-state index contributed by atoms with van der Waals surface area (Å²) in [6.45, 7) is 1.31. The molecule has 0 aromatic heterocycles. The third-order valence-electron chi connectivity index (χ3n) is 0.370. The van der Waals surface area contributed by atoms with Gasteiger partial charge in [0.25, 0.3) is 5.97 Å². The maximum Gasteiger partial charge on any atom is 0.285 e. The molecule has 7 heavy (non-hydrogen) atoms. The zero-order chi connectivity index (χ0) is 5.15. The van der Waals surface area contributed by atoms with Gasteiger partial charge >= 0.3 is 0 Å². The van der Waals surface area contributed by atoms with Crippen molar-refractivity contribution in [3.05, 3.63) is 5.73 Å². The van der Waals surface area contributed by atoms with Crippen LogP contribution < -0.4 is 0 Å². The molecule has 1 atom stereocenters. The van der Waals surface area contributed by atoms with Crippen LogP contribution in [0.3, 0.4) is 0 Å². The minimum Gasteiger partial charge on any atom is -0.666 e. The number of carboxylic acids is 1. The molecular weight excluding hydrogens is 309 g/mol. The van der Waals surface area contributed by atoms with Crippen LogP contribution in [0.5, 0.6) is 0 Å². The van der Waals surface area contributed by atoms with E-state index < -0.39 is 12.0 Å². The maximum atomic E-state index is 9.51. The van der Waals surface area contributed by atoms with E-state index in [1.165, 1.54) is 6.92 Å². The topological polar surface area (TPSA) is 61.1 Å². The third-order valence-corrected chi connectivity index (χ3v) is 0.370. The molecule has 3 nitrogen and oxygen atoms in total. The SMILES string of the molecule is CC([NH-])C(=O)O.[Ac]. The maximum absolute atomic E-state index is 9.51. The second-order valence-corrected chi connectivity index (χ2v) is 1.06. The fourth-order valence-corrected chi connectivity index (χ4v) is 0. The minimum absolute atomic E-state index is 0. The summed E-state index contributed by atoms with van der Waals surface area (Å²) >= 11 is 0. The molecule has 1 radical (unpaired) electrons. The molecular formula is C3H6AcNO2-. The van der Waals surface area contributed by atoms with Crippen LogP contribution >= 0.6 is 0 Å². The van der Waals surface area contributed by atoms with Crippen LogP contribution in [0, 0.1) is 44.1 Å². The molecule has 0 heterocycles. The van der Waals surface area contributed by atoms with Gasteiger partial charge in [-0.3, -0.25) is 4.79 Å².